The summed E-state index contributed by atoms with van der Waals surface area (Å²) in [7, 11) is 0. The molecular formula is C14H16N4O2. The SMILES string of the molecule is Cc1nc2ccccn2c1C(=O)N1CCN(C=O)CC1. The Morgan fingerprint density at radius 1 is 1.25 bits per heavy atom. The highest BCUT2D eigenvalue weighted by molar-refractivity contribution is 5.94. The molecule has 3 heterocycles. The van der Waals surface area contributed by atoms with Crippen LogP contribution in [0.1, 0.15) is 16.2 Å². The molecule has 2 amide bonds. The quantitative estimate of drug-likeness (QED) is 0.750. The highest BCUT2D eigenvalue weighted by atomic mass is 16.2. The summed E-state index contributed by atoms with van der Waals surface area (Å²) in [6.45, 7) is 4.16. The van der Waals surface area contributed by atoms with E-state index in [4.69, 9.17) is 0 Å². The molecule has 104 valence electrons. The van der Waals surface area contributed by atoms with Crippen molar-refractivity contribution in [1.29, 1.82) is 0 Å². The third kappa shape index (κ3) is 2.03. The van der Waals surface area contributed by atoms with Crippen LogP contribution in [0.25, 0.3) is 5.65 Å². The van der Waals surface area contributed by atoms with E-state index in [1.807, 2.05) is 35.7 Å². The second kappa shape index (κ2) is 4.96. The van der Waals surface area contributed by atoms with E-state index in [0.717, 1.165) is 17.8 Å². The first-order valence-corrected chi connectivity index (χ1v) is 6.63. The van der Waals surface area contributed by atoms with Crippen LogP contribution < -0.4 is 0 Å². The van der Waals surface area contributed by atoms with Crippen LogP contribution in [0.15, 0.2) is 24.4 Å². The highest BCUT2D eigenvalue weighted by Gasteiger charge is 2.25. The molecule has 0 radical (unpaired) electrons. The van der Waals surface area contributed by atoms with Gasteiger partial charge in [-0.05, 0) is 19.1 Å². The van der Waals surface area contributed by atoms with Crippen LogP contribution in [0.2, 0.25) is 0 Å². The van der Waals surface area contributed by atoms with E-state index in [2.05, 4.69) is 4.98 Å². The van der Waals surface area contributed by atoms with E-state index in [1.165, 1.54) is 0 Å². The molecule has 0 aromatic carbocycles. The van der Waals surface area contributed by atoms with Gasteiger partial charge in [-0.3, -0.25) is 14.0 Å². The van der Waals surface area contributed by atoms with Gasteiger partial charge in [0.25, 0.3) is 5.91 Å². The summed E-state index contributed by atoms with van der Waals surface area (Å²) in [5, 5.41) is 0. The van der Waals surface area contributed by atoms with Crippen molar-refractivity contribution in [1.82, 2.24) is 19.2 Å². The van der Waals surface area contributed by atoms with E-state index < -0.39 is 0 Å². The van der Waals surface area contributed by atoms with E-state index in [9.17, 15) is 9.59 Å². The summed E-state index contributed by atoms with van der Waals surface area (Å²) >= 11 is 0. The van der Waals surface area contributed by atoms with E-state index in [-0.39, 0.29) is 5.91 Å². The molecule has 1 fully saturated rings. The Bertz CT molecular complexity index is 656. The lowest BCUT2D eigenvalue weighted by Gasteiger charge is -2.32. The minimum atomic E-state index is -0.0215. The van der Waals surface area contributed by atoms with Crippen LogP contribution in [0.3, 0.4) is 0 Å². The molecule has 0 aliphatic carbocycles. The van der Waals surface area contributed by atoms with Crippen LogP contribution in [0.5, 0.6) is 0 Å². The number of carbonyl (C=O) groups excluding carboxylic acids is 2. The van der Waals surface area contributed by atoms with Crippen molar-refractivity contribution >= 4 is 18.0 Å². The number of rotatable bonds is 2. The molecule has 0 unspecified atom stereocenters. The van der Waals surface area contributed by atoms with Gasteiger partial charge in [-0.1, -0.05) is 6.07 Å². The van der Waals surface area contributed by atoms with Crippen LogP contribution in [0.4, 0.5) is 0 Å². The average molecular weight is 272 g/mol. The first-order chi connectivity index (χ1) is 9.70. The van der Waals surface area contributed by atoms with Crippen molar-refractivity contribution in [2.24, 2.45) is 0 Å². The van der Waals surface area contributed by atoms with Crippen LogP contribution >= 0.6 is 0 Å². The van der Waals surface area contributed by atoms with Crippen molar-refractivity contribution in [3.8, 4) is 0 Å². The Hall–Kier alpha value is -2.37. The molecular weight excluding hydrogens is 256 g/mol. The molecule has 1 aliphatic heterocycles. The van der Waals surface area contributed by atoms with Gasteiger partial charge >= 0.3 is 0 Å². The maximum absolute atomic E-state index is 12.6. The monoisotopic (exact) mass is 272 g/mol. The lowest BCUT2D eigenvalue weighted by Crippen LogP contribution is -2.48. The number of fused-ring (bicyclic) bond motifs is 1. The number of hydrogen-bond donors (Lipinski definition) is 0. The lowest BCUT2D eigenvalue weighted by atomic mass is 10.2. The molecule has 1 saturated heterocycles. The van der Waals surface area contributed by atoms with Crippen LogP contribution in [-0.4, -0.2) is 57.7 Å². The number of pyridine rings is 1. The van der Waals surface area contributed by atoms with Crippen LogP contribution in [-0.2, 0) is 4.79 Å². The summed E-state index contributed by atoms with van der Waals surface area (Å²) in [5.41, 5.74) is 2.12. The third-order valence-corrected chi connectivity index (χ3v) is 3.66. The van der Waals surface area contributed by atoms with E-state index in [1.54, 1.807) is 9.80 Å². The van der Waals surface area contributed by atoms with Gasteiger partial charge in [0, 0.05) is 32.4 Å². The van der Waals surface area contributed by atoms with Crippen molar-refractivity contribution < 1.29 is 9.59 Å². The van der Waals surface area contributed by atoms with Gasteiger partial charge in [0.15, 0.2) is 0 Å². The van der Waals surface area contributed by atoms with Gasteiger partial charge in [-0.25, -0.2) is 4.98 Å². The van der Waals surface area contributed by atoms with Gasteiger partial charge < -0.3 is 9.80 Å². The Labute approximate surface area is 116 Å². The molecule has 6 heteroatoms. The fourth-order valence-electron chi connectivity index (χ4n) is 2.55. The minimum absolute atomic E-state index is 0.0215. The molecule has 0 saturated carbocycles. The van der Waals surface area contributed by atoms with E-state index >= 15 is 0 Å². The van der Waals surface area contributed by atoms with Crippen molar-refractivity contribution in [2.75, 3.05) is 26.2 Å². The zero-order valence-corrected chi connectivity index (χ0v) is 11.3. The molecule has 0 N–H and O–H groups in total. The topological polar surface area (TPSA) is 57.9 Å². The van der Waals surface area contributed by atoms with Gasteiger partial charge in [-0.2, -0.15) is 0 Å². The number of amides is 2. The predicted molar refractivity (Wildman–Crippen MR) is 73.5 cm³/mol. The smallest absolute Gasteiger partial charge is 0.272 e. The normalized spacial score (nSPS) is 15.7. The molecule has 20 heavy (non-hydrogen) atoms. The molecule has 0 spiro atoms. The molecule has 0 atom stereocenters. The number of piperazine rings is 1. The summed E-state index contributed by atoms with van der Waals surface area (Å²) in [6, 6.07) is 5.67. The minimum Gasteiger partial charge on any atom is -0.342 e. The van der Waals surface area contributed by atoms with Crippen molar-refractivity contribution in [2.45, 2.75) is 6.92 Å². The largest absolute Gasteiger partial charge is 0.342 e. The lowest BCUT2D eigenvalue weighted by molar-refractivity contribution is -0.119. The Morgan fingerprint density at radius 3 is 2.70 bits per heavy atom. The van der Waals surface area contributed by atoms with Gasteiger partial charge in [0.2, 0.25) is 6.41 Å². The highest BCUT2D eigenvalue weighted by Crippen LogP contribution is 2.15. The zero-order valence-electron chi connectivity index (χ0n) is 11.3. The molecule has 2 aromatic heterocycles. The number of imidazole rings is 1. The fourth-order valence-corrected chi connectivity index (χ4v) is 2.55. The van der Waals surface area contributed by atoms with Gasteiger partial charge in [-0.15, -0.1) is 0 Å². The van der Waals surface area contributed by atoms with Gasteiger partial charge in [0.05, 0.1) is 5.69 Å². The first-order valence-electron chi connectivity index (χ1n) is 6.63. The predicted octanol–water partition coefficient (Wildman–Crippen LogP) is 0.557. The van der Waals surface area contributed by atoms with Crippen molar-refractivity contribution in [3.05, 3.63) is 35.8 Å². The van der Waals surface area contributed by atoms with Gasteiger partial charge in [0.1, 0.15) is 11.3 Å². The summed E-state index contributed by atoms with van der Waals surface area (Å²) in [4.78, 5) is 31.2. The molecule has 3 rings (SSSR count). The van der Waals surface area contributed by atoms with E-state index in [0.29, 0.717) is 31.9 Å². The Morgan fingerprint density at radius 2 is 2.00 bits per heavy atom. The fraction of sp³-hybridized carbons (Fsp3) is 0.357. The average Bonchev–Trinajstić information content (AvgIpc) is 2.82. The Kier molecular flexibility index (Phi) is 3.14. The molecule has 0 bridgehead atoms. The molecule has 6 nitrogen and oxygen atoms in total. The second-order valence-electron chi connectivity index (χ2n) is 4.91. The summed E-state index contributed by atoms with van der Waals surface area (Å²) < 4.78 is 1.82. The number of carbonyl (C=O) groups is 2. The maximum atomic E-state index is 12.6. The summed E-state index contributed by atoms with van der Waals surface area (Å²) in [5.74, 6) is -0.0215. The first kappa shape index (κ1) is 12.7. The van der Waals surface area contributed by atoms with Crippen molar-refractivity contribution in [3.63, 3.8) is 0 Å². The third-order valence-electron chi connectivity index (χ3n) is 3.66. The van der Waals surface area contributed by atoms with Crippen LogP contribution in [0, 0.1) is 6.92 Å². The number of hydrogen-bond acceptors (Lipinski definition) is 3. The number of aromatic nitrogens is 2. The number of nitrogens with zero attached hydrogens (tertiary/aromatic N) is 4. The zero-order chi connectivity index (χ0) is 14.1. The number of aryl methyl sites for hydroxylation is 1. The standard InChI is InChI=1S/C14H16N4O2/c1-11-13(18-5-3-2-4-12(18)15-11)14(20)17-8-6-16(10-19)7-9-17/h2-5,10H,6-9H2,1H3. The Balaban J connectivity index is 1.89. The second-order valence-corrected chi connectivity index (χ2v) is 4.91. The molecule has 2 aromatic rings. The maximum Gasteiger partial charge on any atom is 0.272 e. The molecule has 1 aliphatic rings. The summed E-state index contributed by atoms with van der Waals surface area (Å²) in [6.07, 6.45) is 2.69.